The summed E-state index contributed by atoms with van der Waals surface area (Å²) in [6.45, 7) is 0. The summed E-state index contributed by atoms with van der Waals surface area (Å²) < 4.78 is 5.17. The van der Waals surface area contributed by atoms with E-state index in [1.165, 1.54) is 19.3 Å². The van der Waals surface area contributed by atoms with Gasteiger partial charge in [-0.2, -0.15) is 0 Å². The molecule has 1 heterocycles. The van der Waals surface area contributed by atoms with E-state index < -0.39 is 0 Å². The third kappa shape index (κ3) is 1.53. The van der Waals surface area contributed by atoms with E-state index in [0.29, 0.717) is 17.9 Å². The topological polar surface area (TPSA) is 51.0 Å². The van der Waals surface area contributed by atoms with Gasteiger partial charge in [0.2, 0.25) is 5.89 Å². The highest BCUT2D eigenvalue weighted by molar-refractivity contribution is 6.16. The fourth-order valence-corrected chi connectivity index (χ4v) is 1.20. The number of rotatable bonds is 3. The van der Waals surface area contributed by atoms with E-state index in [9.17, 15) is 0 Å². The van der Waals surface area contributed by atoms with Crippen LogP contribution in [-0.2, 0) is 5.88 Å². The van der Waals surface area contributed by atoms with Gasteiger partial charge in [-0.05, 0) is 19.3 Å². The molecule has 0 saturated heterocycles. The summed E-state index contributed by atoms with van der Waals surface area (Å²) in [5.41, 5.74) is 0. The van der Waals surface area contributed by atoms with Gasteiger partial charge >= 0.3 is 6.01 Å². The minimum atomic E-state index is 0.277. The molecule has 1 aromatic rings. The molecule has 1 N–H and O–H groups in total. The first kappa shape index (κ1) is 7.86. The molecule has 12 heavy (non-hydrogen) atoms. The summed E-state index contributed by atoms with van der Waals surface area (Å²) in [5.74, 6) is 0.748. The highest BCUT2D eigenvalue weighted by Crippen LogP contribution is 2.22. The molecule has 1 aliphatic rings. The Morgan fingerprint density at radius 3 is 2.83 bits per heavy atom. The van der Waals surface area contributed by atoms with Crippen molar-refractivity contribution in [2.45, 2.75) is 31.2 Å². The number of halogens is 1. The Hall–Kier alpha value is -0.770. The number of alkyl halides is 1. The number of nitrogens with zero attached hydrogens (tertiary/aromatic N) is 2. The van der Waals surface area contributed by atoms with Crippen LogP contribution in [0.3, 0.4) is 0 Å². The minimum absolute atomic E-state index is 0.277. The second kappa shape index (κ2) is 3.31. The van der Waals surface area contributed by atoms with Crippen molar-refractivity contribution in [2.75, 3.05) is 5.32 Å². The van der Waals surface area contributed by atoms with Gasteiger partial charge in [0, 0.05) is 6.04 Å². The normalized spacial score (nSPS) is 17.4. The molecular weight excluding hydrogens is 178 g/mol. The summed E-state index contributed by atoms with van der Waals surface area (Å²) in [6, 6.07) is 1.02. The van der Waals surface area contributed by atoms with E-state index in [0.717, 1.165) is 0 Å². The fraction of sp³-hybridized carbons (Fsp3) is 0.714. The molecule has 66 valence electrons. The molecule has 0 radical (unpaired) electrons. The summed E-state index contributed by atoms with van der Waals surface area (Å²) in [7, 11) is 0. The Morgan fingerprint density at radius 2 is 2.33 bits per heavy atom. The van der Waals surface area contributed by atoms with Crippen molar-refractivity contribution in [3.05, 3.63) is 5.89 Å². The first-order valence-corrected chi connectivity index (χ1v) is 4.57. The van der Waals surface area contributed by atoms with Crippen LogP contribution in [0.15, 0.2) is 4.42 Å². The number of hydrogen-bond donors (Lipinski definition) is 1. The van der Waals surface area contributed by atoms with Crippen LogP contribution in [0.5, 0.6) is 0 Å². The predicted octanol–water partition coefficient (Wildman–Crippen LogP) is 1.77. The summed E-state index contributed by atoms with van der Waals surface area (Å²) >= 11 is 5.50. The molecule has 0 unspecified atom stereocenters. The van der Waals surface area contributed by atoms with Crippen LogP contribution in [0.4, 0.5) is 6.01 Å². The molecule has 1 fully saturated rings. The molecular formula is C7H10ClN3O. The van der Waals surface area contributed by atoms with Crippen molar-refractivity contribution >= 4 is 17.6 Å². The number of hydrogen-bond acceptors (Lipinski definition) is 4. The standard InChI is InChI=1S/C7H10ClN3O/c8-4-6-10-11-7(12-6)9-5-2-1-3-5/h5H,1-4H2,(H,9,11). The molecule has 0 aliphatic heterocycles. The van der Waals surface area contributed by atoms with Crippen LogP contribution in [0.1, 0.15) is 25.2 Å². The zero-order valence-electron chi connectivity index (χ0n) is 6.59. The van der Waals surface area contributed by atoms with Gasteiger partial charge in [0.15, 0.2) is 0 Å². The van der Waals surface area contributed by atoms with Crippen molar-refractivity contribution < 1.29 is 4.42 Å². The highest BCUT2D eigenvalue weighted by atomic mass is 35.5. The largest absolute Gasteiger partial charge is 0.407 e. The van der Waals surface area contributed by atoms with Crippen molar-refractivity contribution in [1.29, 1.82) is 0 Å². The number of nitrogens with one attached hydrogen (secondary N) is 1. The Balaban J connectivity index is 1.93. The molecule has 0 spiro atoms. The molecule has 5 heteroatoms. The van der Waals surface area contributed by atoms with Crippen LogP contribution in [0.25, 0.3) is 0 Å². The average molecular weight is 188 g/mol. The van der Waals surface area contributed by atoms with Crippen LogP contribution in [-0.4, -0.2) is 16.2 Å². The van der Waals surface area contributed by atoms with Crippen molar-refractivity contribution in [3.63, 3.8) is 0 Å². The lowest BCUT2D eigenvalue weighted by molar-refractivity contribution is 0.425. The lowest BCUT2D eigenvalue weighted by atomic mass is 9.93. The fourth-order valence-electron chi connectivity index (χ4n) is 1.09. The average Bonchev–Trinajstić information content (AvgIpc) is 2.44. The molecule has 0 aromatic carbocycles. The van der Waals surface area contributed by atoms with Crippen LogP contribution in [0.2, 0.25) is 0 Å². The Bertz CT molecular complexity index is 259. The minimum Gasteiger partial charge on any atom is -0.407 e. The molecule has 0 atom stereocenters. The van der Waals surface area contributed by atoms with Crippen molar-refractivity contribution in [3.8, 4) is 0 Å². The maximum atomic E-state index is 5.50. The van der Waals surface area contributed by atoms with Crippen molar-refractivity contribution in [1.82, 2.24) is 10.2 Å². The van der Waals surface area contributed by atoms with Gasteiger partial charge in [0.1, 0.15) is 5.88 Å². The second-order valence-electron chi connectivity index (χ2n) is 2.91. The van der Waals surface area contributed by atoms with Gasteiger partial charge in [-0.15, -0.1) is 16.7 Å². The van der Waals surface area contributed by atoms with Gasteiger partial charge in [-0.3, -0.25) is 0 Å². The highest BCUT2D eigenvalue weighted by Gasteiger charge is 2.19. The van der Waals surface area contributed by atoms with E-state index in [1.54, 1.807) is 0 Å². The lowest BCUT2D eigenvalue weighted by Crippen LogP contribution is -2.27. The van der Waals surface area contributed by atoms with E-state index in [1.807, 2.05) is 0 Å². The first-order chi connectivity index (χ1) is 5.88. The second-order valence-corrected chi connectivity index (χ2v) is 3.17. The molecule has 2 rings (SSSR count). The predicted molar refractivity (Wildman–Crippen MR) is 45.1 cm³/mol. The SMILES string of the molecule is ClCc1nnc(NC2CCC2)o1. The van der Waals surface area contributed by atoms with E-state index in [-0.39, 0.29) is 5.88 Å². The van der Waals surface area contributed by atoms with Crippen LogP contribution in [0, 0.1) is 0 Å². The third-order valence-corrected chi connectivity index (χ3v) is 2.24. The maximum absolute atomic E-state index is 5.50. The molecule has 4 nitrogen and oxygen atoms in total. The Morgan fingerprint density at radius 1 is 1.50 bits per heavy atom. The summed E-state index contributed by atoms with van der Waals surface area (Å²) in [5, 5.41) is 10.7. The van der Waals surface area contributed by atoms with Crippen LogP contribution >= 0.6 is 11.6 Å². The van der Waals surface area contributed by atoms with Gasteiger partial charge in [-0.1, -0.05) is 5.10 Å². The summed E-state index contributed by atoms with van der Waals surface area (Å²) in [4.78, 5) is 0. The molecule has 1 aromatic heterocycles. The molecule has 1 aliphatic carbocycles. The zero-order chi connectivity index (χ0) is 8.39. The monoisotopic (exact) mass is 187 g/mol. The lowest BCUT2D eigenvalue weighted by Gasteiger charge is -2.24. The van der Waals surface area contributed by atoms with E-state index in [4.69, 9.17) is 16.0 Å². The van der Waals surface area contributed by atoms with E-state index >= 15 is 0 Å². The van der Waals surface area contributed by atoms with Crippen LogP contribution < -0.4 is 5.32 Å². The molecule has 1 saturated carbocycles. The zero-order valence-corrected chi connectivity index (χ0v) is 7.34. The molecule has 0 bridgehead atoms. The first-order valence-electron chi connectivity index (χ1n) is 4.03. The molecule has 0 amide bonds. The van der Waals surface area contributed by atoms with Crippen molar-refractivity contribution in [2.24, 2.45) is 0 Å². The smallest absolute Gasteiger partial charge is 0.315 e. The van der Waals surface area contributed by atoms with Gasteiger partial charge in [-0.25, -0.2) is 0 Å². The van der Waals surface area contributed by atoms with Gasteiger partial charge in [0.05, 0.1) is 0 Å². The number of aromatic nitrogens is 2. The third-order valence-electron chi connectivity index (χ3n) is 2.01. The summed E-state index contributed by atoms with van der Waals surface area (Å²) in [6.07, 6.45) is 3.67. The van der Waals surface area contributed by atoms with Gasteiger partial charge in [0.25, 0.3) is 0 Å². The Kier molecular flexibility index (Phi) is 2.17. The van der Waals surface area contributed by atoms with Gasteiger partial charge < -0.3 is 9.73 Å². The maximum Gasteiger partial charge on any atom is 0.315 e. The number of anilines is 1. The quantitative estimate of drug-likeness (QED) is 0.733. The Labute approximate surface area is 75.3 Å². The van der Waals surface area contributed by atoms with E-state index in [2.05, 4.69) is 15.5 Å².